The van der Waals surface area contributed by atoms with Crippen LogP contribution in [0.3, 0.4) is 0 Å². The molecule has 1 aromatic carbocycles. The van der Waals surface area contributed by atoms with Crippen molar-refractivity contribution in [3.05, 3.63) is 24.3 Å². The van der Waals surface area contributed by atoms with Crippen LogP contribution in [0.15, 0.2) is 24.3 Å². The quantitative estimate of drug-likeness (QED) is 0.813. The molecular weight excluding hydrogens is 304 g/mol. The molecule has 0 unspecified atom stereocenters. The molecule has 2 rings (SSSR count). The number of benzene rings is 1. The lowest BCUT2D eigenvalue weighted by molar-refractivity contribution is -0.121. The van der Waals surface area contributed by atoms with Crippen LogP contribution in [-0.2, 0) is 9.59 Å². The number of nitrogens with zero attached hydrogens (tertiary/aromatic N) is 1. The van der Waals surface area contributed by atoms with Gasteiger partial charge in [0, 0.05) is 37.7 Å². The maximum Gasteiger partial charge on any atom is 0.223 e. The average molecular weight is 332 g/mol. The van der Waals surface area contributed by atoms with Crippen molar-refractivity contribution in [1.29, 1.82) is 0 Å². The minimum absolute atomic E-state index is 0.0241. The number of rotatable bonds is 6. The van der Waals surface area contributed by atoms with Gasteiger partial charge in [0.05, 0.1) is 7.11 Å². The molecule has 0 atom stereocenters. The van der Waals surface area contributed by atoms with Gasteiger partial charge in [-0.3, -0.25) is 9.59 Å². The Morgan fingerprint density at radius 1 is 1.21 bits per heavy atom. The molecule has 0 aromatic heterocycles. The van der Waals surface area contributed by atoms with E-state index >= 15 is 0 Å². The monoisotopic (exact) mass is 332 g/mol. The number of hydrogen-bond donors (Lipinski definition) is 1. The highest BCUT2D eigenvalue weighted by molar-refractivity contribution is 5.92. The van der Waals surface area contributed by atoms with E-state index < -0.39 is 0 Å². The Kier molecular flexibility index (Phi) is 7.09. The topological polar surface area (TPSA) is 58.6 Å². The van der Waals surface area contributed by atoms with E-state index in [1.807, 2.05) is 24.3 Å². The number of carbonyl (C=O) groups is 2. The van der Waals surface area contributed by atoms with Gasteiger partial charge in [-0.15, -0.1) is 0 Å². The lowest BCUT2D eigenvalue weighted by atomic mass is 10.1. The van der Waals surface area contributed by atoms with Crippen LogP contribution in [0.25, 0.3) is 0 Å². The molecule has 1 aliphatic carbocycles. The molecule has 0 bridgehead atoms. The van der Waals surface area contributed by atoms with Gasteiger partial charge in [-0.2, -0.15) is 0 Å². The minimum Gasteiger partial charge on any atom is -0.497 e. The smallest absolute Gasteiger partial charge is 0.223 e. The van der Waals surface area contributed by atoms with Crippen LogP contribution in [0.4, 0.5) is 5.69 Å². The molecule has 1 N–H and O–H groups in total. The van der Waals surface area contributed by atoms with Crippen LogP contribution in [0, 0.1) is 0 Å². The molecule has 0 radical (unpaired) electrons. The summed E-state index contributed by atoms with van der Waals surface area (Å²) in [7, 11) is 1.59. The average Bonchev–Trinajstić information content (AvgIpc) is 2.83. The number of anilines is 1. The standard InChI is InChI=1S/C19H28N2O3/c1-15(22)21(17-10-7-11-18(14-17)24-2)13-12-19(23)20-16-8-5-3-4-6-9-16/h7,10-11,14,16H,3-6,8-9,12-13H2,1-2H3,(H,20,23). The van der Waals surface area contributed by atoms with Crippen LogP contribution in [0.5, 0.6) is 5.75 Å². The minimum atomic E-state index is -0.0782. The summed E-state index contributed by atoms with van der Waals surface area (Å²) >= 11 is 0. The van der Waals surface area contributed by atoms with Gasteiger partial charge in [-0.1, -0.05) is 31.7 Å². The summed E-state index contributed by atoms with van der Waals surface area (Å²) in [5.41, 5.74) is 0.754. The number of carbonyl (C=O) groups excluding carboxylic acids is 2. The fraction of sp³-hybridized carbons (Fsp3) is 0.579. The van der Waals surface area contributed by atoms with E-state index in [1.54, 1.807) is 12.0 Å². The molecule has 24 heavy (non-hydrogen) atoms. The lowest BCUT2D eigenvalue weighted by Gasteiger charge is -2.22. The summed E-state index contributed by atoms with van der Waals surface area (Å²) in [5, 5.41) is 3.13. The second-order valence-electron chi connectivity index (χ2n) is 6.38. The van der Waals surface area contributed by atoms with Crippen LogP contribution in [-0.4, -0.2) is 31.5 Å². The van der Waals surface area contributed by atoms with Crippen molar-refractivity contribution >= 4 is 17.5 Å². The van der Waals surface area contributed by atoms with Crippen molar-refractivity contribution < 1.29 is 14.3 Å². The van der Waals surface area contributed by atoms with Crippen molar-refractivity contribution in [2.75, 3.05) is 18.6 Å². The third kappa shape index (κ3) is 5.55. The first-order valence-electron chi connectivity index (χ1n) is 8.81. The molecular formula is C19H28N2O3. The van der Waals surface area contributed by atoms with Crippen molar-refractivity contribution in [3.8, 4) is 5.75 Å². The van der Waals surface area contributed by atoms with Gasteiger partial charge in [0.2, 0.25) is 11.8 Å². The van der Waals surface area contributed by atoms with Crippen LogP contribution in [0.2, 0.25) is 0 Å². The van der Waals surface area contributed by atoms with Crippen LogP contribution < -0.4 is 15.0 Å². The molecule has 1 aliphatic rings. The molecule has 0 heterocycles. The van der Waals surface area contributed by atoms with Gasteiger partial charge < -0.3 is 15.0 Å². The van der Waals surface area contributed by atoms with E-state index in [9.17, 15) is 9.59 Å². The SMILES string of the molecule is COc1cccc(N(CCC(=O)NC2CCCCCC2)C(C)=O)c1. The Bertz CT molecular complexity index is 551. The Morgan fingerprint density at radius 3 is 2.54 bits per heavy atom. The molecule has 132 valence electrons. The Labute approximate surface area is 144 Å². The predicted octanol–water partition coefficient (Wildman–Crippen LogP) is 3.28. The molecule has 0 saturated heterocycles. The van der Waals surface area contributed by atoms with Gasteiger partial charge in [0.15, 0.2) is 0 Å². The summed E-state index contributed by atoms with van der Waals surface area (Å²) < 4.78 is 5.21. The number of amides is 2. The highest BCUT2D eigenvalue weighted by Crippen LogP contribution is 2.21. The second kappa shape index (κ2) is 9.30. The highest BCUT2D eigenvalue weighted by atomic mass is 16.5. The molecule has 5 heteroatoms. The summed E-state index contributed by atoms with van der Waals surface area (Å²) in [4.78, 5) is 25.8. The van der Waals surface area contributed by atoms with E-state index in [0.29, 0.717) is 24.8 Å². The molecule has 1 saturated carbocycles. The van der Waals surface area contributed by atoms with E-state index in [4.69, 9.17) is 4.74 Å². The maximum atomic E-state index is 12.2. The van der Waals surface area contributed by atoms with Crippen molar-refractivity contribution in [2.45, 2.75) is 57.9 Å². The molecule has 0 spiro atoms. The van der Waals surface area contributed by atoms with Crippen molar-refractivity contribution in [3.63, 3.8) is 0 Å². The maximum absolute atomic E-state index is 12.2. The number of hydrogen-bond acceptors (Lipinski definition) is 3. The normalized spacial score (nSPS) is 15.4. The van der Waals surface area contributed by atoms with Gasteiger partial charge in [-0.25, -0.2) is 0 Å². The molecule has 5 nitrogen and oxygen atoms in total. The Morgan fingerprint density at radius 2 is 1.92 bits per heavy atom. The zero-order valence-electron chi connectivity index (χ0n) is 14.7. The third-order valence-corrected chi connectivity index (χ3v) is 4.53. The zero-order chi connectivity index (χ0) is 17.4. The molecule has 2 amide bonds. The van der Waals surface area contributed by atoms with Gasteiger partial charge in [-0.05, 0) is 25.0 Å². The number of ether oxygens (including phenoxy) is 1. The summed E-state index contributed by atoms with van der Waals surface area (Å²) in [6, 6.07) is 7.64. The first kappa shape index (κ1) is 18.3. The third-order valence-electron chi connectivity index (χ3n) is 4.53. The molecule has 0 aliphatic heterocycles. The highest BCUT2D eigenvalue weighted by Gasteiger charge is 2.17. The Balaban J connectivity index is 1.90. The van der Waals surface area contributed by atoms with E-state index in [2.05, 4.69) is 5.32 Å². The predicted molar refractivity (Wildman–Crippen MR) is 95.3 cm³/mol. The molecule has 1 fully saturated rings. The molecule has 1 aromatic rings. The first-order valence-corrected chi connectivity index (χ1v) is 8.81. The largest absolute Gasteiger partial charge is 0.497 e. The number of nitrogens with one attached hydrogen (secondary N) is 1. The lowest BCUT2D eigenvalue weighted by Crippen LogP contribution is -2.38. The van der Waals surface area contributed by atoms with Gasteiger partial charge >= 0.3 is 0 Å². The fourth-order valence-corrected chi connectivity index (χ4v) is 3.18. The fourth-order valence-electron chi connectivity index (χ4n) is 3.18. The van der Waals surface area contributed by atoms with E-state index in [-0.39, 0.29) is 11.8 Å². The summed E-state index contributed by atoms with van der Waals surface area (Å²) in [6.45, 7) is 1.89. The van der Waals surface area contributed by atoms with E-state index in [1.165, 1.54) is 32.6 Å². The van der Waals surface area contributed by atoms with Crippen LogP contribution >= 0.6 is 0 Å². The summed E-state index contributed by atoms with van der Waals surface area (Å²) in [6.07, 6.45) is 7.35. The first-order chi connectivity index (χ1) is 11.6. The second-order valence-corrected chi connectivity index (χ2v) is 6.38. The zero-order valence-corrected chi connectivity index (χ0v) is 14.7. The van der Waals surface area contributed by atoms with E-state index in [0.717, 1.165) is 18.5 Å². The van der Waals surface area contributed by atoms with Crippen LogP contribution in [0.1, 0.15) is 51.9 Å². The Hall–Kier alpha value is -2.04. The van der Waals surface area contributed by atoms with Crippen molar-refractivity contribution in [2.24, 2.45) is 0 Å². The van der Waals surface area contributed by atoms with Gasteiger partial charge in [0.25, 0.3) is 0 Å². The number of methoxy groups -OCH3 is 1. The van der Waals surface area contributed by atoms with Gasteiger partial charge in [0.1, 0.15) is 5.75 Å². The summed E-state index contributed by atoms with van der Waals surface area (Å²) in [5.74, 6) is 0.642. The van der Waals surface area contributed by atoms with Crippen molar-refractivity contribution in [1.82, 2.24) is 5.32 Å².